The summed E-state index contributed by atoms with van der Waals surface area (Å²) in [6.07, 6.45) is 1.66. The van der Waals surface area contributed by atoms with Crippen LogP contribution in [0.1, 0.15) is 24.2 Å². The number of hydrogen-bond acceptors (Lipinski definition) is 4. The minimum absolute atomic E-state index is 0.0551. The molecule has 2 aromatic rings. The molecule has 0 fully saturated rings. The van der Waals surface area contributed by atoms with Gasteiger partial charge in [-0.15, -0.1) is 0 Å². The number of nitrogens with zero attached hydrogens (tertiary/aromatic N) is 3. The second-order valence-electron chi connectivity index (χ2n) is 4.92. The van der Waals surface area contributed by atoms with Crippen LogP contribution in [-0.4, -0.2) is 22.5 Å². The number of nitriles is 1. The largest absolute Gasteiger partial charge is 0.353 e. The highest BCUT2D eigenvalue weighted by atomic mass is 35.5. The van der Waals surface area contributed by atoms with E-state index in [0.29, 0.717) is 10.8 Å². The standard InChI is InChI=1S/C16H16ClN3OS/c1-11(12-4-6-13(7-5-12)22(3)21)20(2)16-9-8-14(17)15(10-18)19-16/h4-9,11H,1-3H3. The second kappa shape index (κ2) is 6.91. The summed E-state index contributed by atoms with van der Waals surface area (Å²) < 4.78 is 11.4. The van der Waals surface area contributed by atoms with Crippen LogP contribution in [0.25, 0.3) is 0 Å². The Morgan fingerprint density at radius 2 is 1.91 bits per heavy atom. The minimum atomic E-state index is -0.981. The van der Waals surface area contributed by atoms with Crippen LogP contribution in [0.15, 0.2) is 41.3 Å². The molecule has 114 valence electrons. The van der Waals surface area contributed by atoms with Crippen molar-refractivity contribution in [1.29, 1.82) is 5.26 Å². The lowest BCUT2D eigenvalue weighted by molar-refractivity contribution is 0.686. The van der Waals surface area contributed by atoms with Crippen molar-refractivity contribution in [1.82, 2.24) is 4.98 Å². The number of halogens is 1. The summed E-state index contributed by atoms with van der Waals surface area (Å²) in [5, 5.41) is 9.37. The minimum Gasteiger partial charge on any atom is -0.353 e. The average Bonchev–Trinajstić information content (AvgIpc) is 2.54. The Morgan fingerprint density at radius 3 is 2.45 bits per heavy atom. The van der Waals surface area contributed by atoms with Gasteiger partial charge in [0.15, 0.2) is 5.69 Å². The number of hydrogen-bond donors (Lipinski definition) is 0. The fourth-order valence-corrected chi connectivity index (χ4v) is 2.73. The second-order valence-corrected chi connectivity index (χ2v) is 6.71. The molecule has 0 N–H and O–H groups in total. The molecule has 22 heavy (non-hydrogen) atoms. The molecule has 0 saturated heterocycles. The molecule has 0 aliphatic rings. The Bertz CT molecular complexity index is 740. The van der Waals surface area contributed by atoms with Gasteiger partial charge in [-0.2, -0.15) is 5.26 Å². The van der Waals surface area contributed by atoms with Crippen LogP contribution in [0, 0.1) is 11.3 Å². The van der Waals surface area contributed by atoms with Gasteiger partial charge in [0.05, 0.1) is 11.1 Å². The molecule has 0 aliphatic heterocycles. The van der Waals surface area contributed by atoms with Gasteiger partial charge in [-0.05, 0) is 36.8 Å². The van der Waals surface area contributed by atoms with Gasteiger partial charge in [-0.25, -0.2) is 4.98 Å². The average molecular weight is 334 g/mol. The summed E-state index contributed by atoms with van der Waals surface area (Å²) in [5.41, 5.74) is 1.29. The smallest absolute Gasteiger partial charge is 0.161 e. The van der Waals surface area contributed by atoms with E-state index in [1.807, 2.05) is 49.2 Å². The van der Waals surface area contributed by atoms with Crippen molar-refractivity contribution < 1.29 is 4.21 Å². The number of aromatic nitrogens is 1. The third kappa shape index (κ3) is 3.46. The van der Waals surface area contributed by atoms with Crippen molar-refractivity contribution >= 4 is 28.2 Å². The van der Waals surface area contributed by atoms with E-state index in [1.54, 1.807) is 18.4 Å². The van der Waals surface area contributed by atoms with Crippen LogP contribution in [0.2, 0.25) is 5.02 Å². The number of benzene rings is 1. The number of pyridine rings is 1. The molecule has 6 heteroatoms. The summed E-state index contributed by atoms with van der Waals surface area (Å²) in [5.74, 6) is 0.677. The van der Waals surface area contributed by atoms with Crippen molar-refractivity contribution in [3.05, 3.63) is 52.7 Å². The molecule has 4 nitrogen and oxygen atoms in total. The Kier molecular flexibility index (Phi) is 5.17. The summed E-state index contributed by atoms with van der Waals surface area (Å²) in [6, 6.07) is 13.2. The Morgan fingerprint density at radius 1 is 1.27 bits per heavy atom. The SMILES string of the molecule is CC(c1ccc(S(C)=O)cc1)N(C)c1ccc(Cl)c(C#N)n1. The van der Waals surface area contributed by atoms with Crippen LogP contribution in [-0.2, 0) is 10.8 Å². The van der Waals surface area contributed by atoms with Gasteiger partial charge in [-0.3, -0.25) is 4.21 Å². The van der Waals surface area contributed by atoms with E-state index in [4.69, 9.17) is 16.9 Å². The van der Waals surface area contributed by atoms with Gasteiger partial charge in [0.25, 0.3) is 0 Å². The first kappa shape index (κ1) is 16.5. The zero-order chi connectivity index (χ0) is 16.3. The van der Waals surface area contributed by atoms with E-state index >= 15 is 0 Å². The zero-order valence-corrected chi connectivity index (χ0v) is 14.1. The van der Waals surface area contributed by atoms with Gasteiger partial charge in [0, 0.05) is 29.0 Å². The van der Waals surface area contributed by atoms with E-state index < -0.39 is 10.8 Å². The first-order valence-corrected chi connectivity index (χ1v) is 8.60. The maximum atomic E-state index is 11.4. The molecule has 0 amide bonds. The quantitative estimate of drug-likeness (QED) is 0.858. The van der Waals surface area contributed by atoms with Crippen molar-refractivity contribution in [2.75, 3.05) is 18.2 Å². The van der Waals surface area contributed by atoms with Crippen molar-refractivity contribution in [2.45, 2.75) is 17.9 Å². The lowest BCUT2D eigenvalue weighted by Gasteiger charge is -2.26. The van der Waals surface area contributed by atoms with Crippen LogP contribution >= 0.6 is 11.6 Å². The fraction of sp³-hybridized carbons (Fsp3) is 0.250. The molecule has 2 atom stereocenters. The molecule has 2 rings (SSSR count). The molecule has 2 unspecified atom stereocenters. The number of anilines is 1. The molecule has 1 heterocycles. The van der Waals surface area contributed by atoms with E-state index in [0.717, 1.165) is 10.5 Å². The Hall–Kier alpha value is -1.90. The maximum Gasteiger partial charge on any atom is 0.161 e. The van der Waals surface area contributed by atoms with Gasteiger partial charge in [-0.1, -0.05) is 23.7 Å². The van der Waals surface area contributed by atoms with Crippen LogP contribution < -0.4 is 4.90 Å². The van der Waals surface area contributed by atoms with Gasteiger partial charge >= 0.3 is 0 Å². The molecule has 1 aromatic carbocycles. The zero-order valence-electron chi connectivity index (χ0n) is 12.6. The third-order valence-corrected chi connectivity index (χ3v) is 4.81. The summed E-state index contributed by atoms with van der Waals surface area (Å²) >= 11 is 5.91. The highest BCUT2D eigenvalue weighted by Crippen LogP contribution is 2.26. The molecule has 1 aromatic heterocycles. The Labute approximate surface area is 137 Å². The van der Waals surface area contributed by atoms with Crippen LogP contribution in [0.3, 0.4) is 0 Å². The topological polar surface area (TPSA) is 57.0 Å². The molecule has 0 aliphatic carbocycles. The summed E-state index contributed by atoms with van der Waals surface area (Å²) in [7, 11) is 0.930. The third-order valence-electron chi connectivity index (χ3n) is 3.57. The van der Waals surface area contributed by atoms with Crippen molar-refractivity contribution in [3.63, 3.8) is 0 Å². The molecular weight excluding hydrogens is 318 g/mol. The first-order chi connectivity index (χ1) is 10.4. The van der Waals surface area contributed by atoms with Gasteiger partial charge in [0.2, 0.25) is 0 Å². The van der Waals surface area contributed by atoms with E-state index in [2.05, 4.69) is 4.98 Å². The highest BCUT2D eigenvalue weighted by molar-refractivity contribution is 7.84. The predicted octanol–water partition coefficient (Wildman–Crippen LogP) is 3.54. The molecule has 0 radical (unpaired) electrons. The van der Waals surface area contributed by atoms with Crippen LogP contribution in [0.4, 0.5) is 5.82 Å². The molecule has 0 saturated carbocycles. The van der Waals surface area contributed by atoms with Crippen LogP contribution in [0.5, 0.6) is 0 Å². The molecule has 0 spiro atoms. The lowest BCUT2D eigenvalue weighted by Crippen LogP contribution is -2.22. The van der Waals surface area contributed by atoms with Crippen molar-refractivity contribution in [2.24, 2.45) is 0 Å². The molecule has 0 bridgehead atoms. The normalized spacial score (nSPS) is 13.2. The van der Waals surface area contributed by atoms with E-state index in [1.165, 1.54) is 0 Å². The Balaban J connectivity index is 2.27. The van der Waals surface area contributed by atoms with Gasteiger partial charge in [0.1, 0.15) is 11.9 Å². The summed E-state index contributed by atoms with van der Waals surface area (Å²) in [6.45, 7) is 2.04. The molecular formula is C16H16ClN3OS. The van der Waals surface area contributed by atoms with Crippen molar-refractivity contribution in [3.8, 4) is 6.07 Å². The highest BCUT2D eigenvalue weighted by Gasteiger charge is 2.15. The lowest BCUT2D eigenvalue weighted by atomic mass is 10.1. The monoisotopic (exact) mass is 333 g/mol. The number of rotatable bonds is 4. The predicted molar refractivity (Wildman–Crippen MR) is 89.6 cm³/mol. The maximum absolute atomic E-state index is 11.4. The fourth-order valence-electron chi connectivity index (χ4n) is 2.07. The van der Waals surface area contributed by atoms with E-state index in [-0.39, 0.29) is 11.7 Å². The summed E-state index contributed by atoms with van der Waals surface area (Å²) in [4.78, 5) is 7.04. The first-order valence-electron chi connectivity index (χ1n) is 6.67. The van der Waals surface area contributed by atoms with Gasteiger partial charge < -0.3 is 4.90 Å². The van der Waals surface area contributed by atoms with E-state index in [9.17, 15) is 4.21 Å².